The lowest BCUT2D eigenvalue weighted by molar-refractivity contribution is -0.116. The topological polar surface area (TPSA) is 92.4 Å². The summed E-state index contributed by atoms with van der Waals surface area (Å²) in [4.78, 5) is 22.9. The van der Waals surface area contributed by atoms with Crippen LogP contribution in [-0.2, 0) is 4.79 Å². The zero-order valence-corrected chi connectivity index (χ0v) is 12.2. The number of carbonyl (C=O) groups is 2. The zero-order chi connectivity index (χ0) is 14.4. The molecule has 0 saturated carbocycles. The lowest BCUT2D eigenvalue weighted by Crippen LogP contribution is -2.27. The minimum atomic E-state index is -1.09. The first-order valence-electron chi connectivity index (χ1n) is 6.03. The molecule has 0 bridgehead atoms. The smallest absolute Gasteiger partial charge is 0.337 e. The van der Waals surface area contributed by atoms with Crippen LogP contribution in [0.4, 0.5) is 5.69 Å². The van der Waals surface area contributed by atoms with Crippen LogP contribution in [0.15, 0.2) is 22.7 Å². The van der Waals surface area contributed by atoms with Gasteiger partial charge >= 0.3 is 5.97 Å². The summed E-state index contributed by atoms with van der Waals surface area (Å²) >= 11 is 3.23. The van der Waals surface area contributed by atoms with Crippen LogP contribution in [0.3, 0.4) is 0 Å². The van der Waals surface area contributed by atoms with Crippen molar-refractivity contribution in [3.8, 4) is 0 Å². The largest absolute Gasteiger partial charge is 0.478 e. The number of amides is 1. The molecule has 1 unspecified atom stereocenters. The van der Waals surface area contributed by atoms with Crippen LogP contribution in [0.25, 0.3) is 0 Å². The number of rotatable bonds is 6. The second-order valence-corrected chi connectivity index (χ2v) is 5.12. The van der Waals surface area contributed by atoms with Gasteiger partial charge in [-0.15, -0.1) is 0 Å². The third kappa shape index (κ3) is 4.65. The number of nitrogens with two attached hydrogens (primary N) is 1. The number of benzene rings is 1. The molecule has 19 heavy (non-hydrogen) atoms. The molecule has 0 spiro atoms. The fourth-order valence-corrected chi connectivity index (χ4v) is 2.20. The van der Waals surface area contributed by atoms with Crippen LogP contribution < -0.4 is 11.1 Å². The van der Waals surface area contributed by atoms with Crippen LogP contribution >= 0.6 is 15.9 Å². The van der Waals surface area contributed by atoms with Crippen LogP contribution in [0, 0.1) is 0 Å². The molecular formula is C13H17BrN2O3. The lowest BCUT2D eigenvalue weighted by Gasteiger charge is -2.13. The predicted molar refractivity (Wildman–Crippen MR) is 77.2 cm³/mol. The third-order valence-corrected chi connectivity index (χ3v) is 3.28. The molecule has 0 saturated heterocycles. The van der Waals surface area contributed by atoms with Crippen LogP contribution in [0.2, 0.25) is 0 Å². The van der Waals surface area contributed by atoms with E-state index in [-0.39, 0.29) is 29.6 Å². The van der Waals surface area contributed by atoms with E-state index in [4.69, 9.17) is 10.8 Å². The van der Waals surface area contributed by atoms with E-state index in [0.717, 1.165) is 12.8 Å². The summed E-state index contributed by atoms with van der Waals surface area (Å²) in [5.41, 5.74) is 6.10. The van der Waals surface area contributed by atoms with E-state index in [1.807, 2.05) is 6.92 Å². The van der Waals surface area contributed by atoms with Crippen molar-refractivity contribution in [3.05, 3.63) is 28.2 Å². The van der Waals surface area contributed by atoms with Crippen molar-refractivity contribution in [1.82, 2.24) is 0 Å². The van der Waals surface area contributed by atoms with Gasteiger partial charge in [-0.2, -0.15) is 0 Å². The number of anilines is 1. The SMILES string of the molecule is CCCC(N)CC(=O)Nc1c(Br)cccc1C(=O)O. The summed E-state index contributed by atoms with van der Waals surface area (Å²) in [5.74, 6) is -1.37. The Balaban J connectivity index is 2.82. The number of carboxylic acids is 1. The van der Waals surface area contributed by atoms with Gasteiger partial charge in [0.15, 0.2) is 0 Å². The number of carboxylic acid groups (broad SMARTS) is 1. The minimum Gasteiger partial charge on any atom is -0.478 e. The molecule has 104 valence electrons. The average molecular weight is 329 g/mol. The molecule has 6 heteroatoms. The number of nitrogens with one attached hydrogen (secondary N) is 1. The van der Waals surface area contributed by atoms with E-state index in [1.165, 1.54) is 6.07 Å². The minimum absolute atomic E-state index is 0.0480. The molecule has 0 aromatic heterocycles. The van der Waals surface area contributed by atoms with E-state index in [9.17, 15) is 9.59 Å². The Morgan fingerprint density at radius 3 is 2.74 bits per heavy atom. The average Bonchev–Trinajstić information content (AvgIpc) is 2.31. The van der Waals surface area contributed by atoms with Crippen LogP contribution in [-0.4, -0.2) is 23.0 Å². The Bertz CT molecular complexity index is 477. The van der Waals surface area contributed by atoms with Gasteiger partial charge in [0.25, 0.3) is 0 Å². The van der Waals surface area contributed by atoms with E-state index in [0.29, 0.717) is 4.47 Å². The molecule has 0 radical (unpaired) electrons. The molecule has 0 heterocycles. The first-order valence-corrected chi connectivity index (χ1v) is 6.82. The number of hydrogen-bond donors (Lipinski definition) is 3. The zero-order valence-electron chi connectivity index (χ0n) is 10.6. The quantitative estimate of drug-likeness (QED) is 0.748. The van der Waals surface area contributed by atoms with E-state index in [1.54, 1.807) is 12.1 Å². The molecule has 1 amide bonds. The number of halogens is 1. The van der Waals surface area contributed by atoms with Gasteiger partial charge in [0, 0.05) is 16.9 Å². The van der Waals surface area contributed by atoms with Crippen molar-refractivity contribution in [3.63, 3.8) is 0 Å². The number of para-hydroxylation sites is 1. The summed E-state index contributed by atoms with van der Waals surface area (Å²) in [5, 5.41) is 11.7. The number of carbonyl (C=O) groups excluding carboxylic acids is 1. The summed E-state index contributed by atoms with van der Waals surface area (Å²) < 4.78 is 0.532. The normalized spacial score (nSPS) is 11.9. The van der Waals surface area contributed by atoms with Crippen molar-refractivity contribution in [2.75, 3.05) is 5.32 Å². The number of aromatic carboxylic acids is 1. The highest BCUT2D eigenvalue weighted by Gasteiger charge is 2.16. The van der Waals surface area contributed by atoms with E-state index < -0.39 is 5.97 Å². The van der Waals surface area contributed by atoms with Crippen molar-refractivity contribution in [2.45, 2.75) is 32.2 Å². The van der Waals surface area contributed by atoms with Gasteiger partial charge in [-0.05, 0) is 34.5 Å². The van der Waals surface area contributed by atoms with Crippen molar-refractivity contribution < 1.29 is 14.7 Å². The molecule has 4 N–H and O–H groups in total. The van der Waals surface area contributed by atoms with Crippen molar-refractivity contribution in [1.29, 1.82) is 0 Å². The predicted octanol–water partition coefficient (Wildman–Crippen LogP) is 2.60. The fourth-order valence-electron chi connectivity index (χ4n) is 1.73. The summed E-state index contributed by atoms with van der Waals surface area (Å²) in [6.07, 6.45) is 1.84. The Labute approximate surface area is 120 Å². The van der Waals surface area contributed by atoms with Crippen molar-refractivity contribution >= 4 is 33.5 Å². The van der Waals surface area contributed by atoms with Gasteiger partial charge in [0.1, 0.15) is 0 Å². The molecule has 1 rings (SSSR count). The molecule has 1 aromatic carbocycles. The van der Waals surface area contributed by atoms with E-state index in [2.05, 4.69) is 21.2 Å². The van der Waals surface area contributed by atoms with Gasteiger partial charge in [0.2, 0.25) is 5.91 Å². The summed E-state index contributed by atoms with van der Waals surface area (Å²) in [6, 6.07) is 4.51. The Morgan fingerprint density at radius 2 is 2.16 bits per heavy atom. The standard InChI is InChI=1S/C13H17BrN2O3/c1-2-4-8(15)7-11(17)16-12-9(13(18)19)5-3-6-10(12)14/h3,5-6,8H,2,4,7,15H2,1H3,(H,16,17)(H,18,19). The van der Waals surface area contributed by atoms with Crippen molar-refractivity contribution in [2.24, 2.45) is 5.73 Å². The molecule has 1 atom stereocenters. The Morgan fingerprint density at radius 1 is 1.47 bits per heavy atom. The molecular weight excluding hydrogens is 312 g/mol. The first-order chi connectivity index (χ1) is 8.95. The van der Waals surface area contributed by atoms with Gasteiger partial charge < -0.3 is 16.2 Å². The summed E-state index contributed by atoms with van der Waals surface area (Å²) in [6.45, 7) is 1.99. The Kier molecular flexibility index (Phi) is 5.98. The maximum absolute atomic E-state index is 11.8. The molecule has 0 aliphatic heterocycles. The van der Waals surface area contributed by atoms with Gasteiger partial charge in [-0.3, -0.25) is 4.79 Å². The van der Waals surface area contributed by atoms with Crippen LogP contribution in [0.5, 0.6) is 0 Å². The Hall–Kier alpha value is -1.40. The fraction of sp³-hybridized carbons (Fsp3) is 0.385. The van der Waals surface area contributed by atoms with Crippen LogP contribution in [0.1, 0.15) is 36.5 Å². The maximum Gasteiger partial charge on any atom is 0.337 e. The van der Waals surface area contributed by atoms with Gasteiger partial charge in [-0.25, -0.2) is 4.79 Å². The molecule has 1 aromatic rings. The monoisotopic (exact) mass is 328 g/mol. The molecule has 0 aliphatic rings. The van der Waals surface area contributed by atoms with Gasteiger partial charge in [0.05, 0.1) is 11.3 Å². The molecule has 0 aliphatic carbocycles. The number of hydrogen-bond acceptors (Lipinski definition) is 3. The first kappa shape index (κ1) is 15.7. The second-order valence-electron chi connectivity index (χ2n) is 4.27. The highest BCUT2D eigenvalue weighted by Crippen LogP contribution is 2.26. The second kappa shape index (κ2) is 7.25. The summed E-state index contributed by atoms with van der Waals surface area (Å²) in [7, 11) is 0. The highest BCUT2D eigenvalue weighted by atomic mass is 79.9. The molecule has 5 nitrogen and oxygen atoms in total. The molecule has 0 fully saturated rings. The third-order valence-electron chi connectivity index (χ3n) is 2.62. The lowest BCUT2D eigenvalue weighted by atomic mass is 10.1. The highest BCUT2D eigenvalue weighted by molar-refractivity contribution is 9.10. The van der Waals surface area contributed by atoms with Gasteiger partial charge in [-0.1, -0.05) is 19.4 Å². The maximum atomic E-state index is 11.8. The van der Waals surface area contributed by atoms with E-state index >= 15 is 0 Å².